The number of ether oxygens (including phenoxy) is 3. The molecule has 3 aromatic rings. The summed E-state index contributed by atoms with van der Waals surface area (Å²) in [5.74, 6) is -0.264. The minimum absolute atomic E-state index is 0.239. The highest BCUT2D eigenvalue weighted by atomic mass is 16.5. The quantitative estimate of drug-likeness (QED) is 0.535. The number of anilines is 1. The van der Waals surface area contributed by atoms with Gasteiger partial charge in [-0.25, -0.2) is 9.59 Å². The van der Waals surface area contributed by atoms with Gasteiger partial charge in [0.15, 0.2) is 18.1 Å². The molecule has 1 heterocycles. The van der Waals surface area contributed by atoms with Crippen molar-refractivity contribution in [3.8, 4) is 11.5 Å². The van der Waals surface area contributed by atoms with Crippen LogP contribution < -0.4 is 20.5 Å². The zero-order chi connectivity index (χ0) is 20.1. The normalized spacial score (nSPS) is 10.5. The molecule has 0 radical (unpaired) electrons. The van der Waals surface area contributed by atoms with E-state index < -0.39 is 18.5 Å². The molecular weight excluding hydrogens is 366 g/mol. The number of fused-ring (bicyclic) bond motifs is 1. The Hall–Kier alpha value is -3.75. The number of carbonyl (C=O) groups is 2. The van der Waals surface area contributed by atoms with Crippen LogP contribution in [0.3, 0.4) is 0 Å². The molecule has 1 aromatic heterocycles. The van der Waals surface area contributed by atoms with Gasteiger partial charge in [-0.15, -0.1) is 0 Å². The summed E-state index contributed by atoms with van der Waals surface area (Å²) in [6.07, 6.45) is 0. The molecule has 0 aliphatic rings. The number of aromatic amines is 2. The van der Waals surface area contributed by atoms with E-state index in [1.165, 1.54) is 19.2 Å². The zero-order valence-electron chi connectivity index (χ0n) is 15.3. The van der Waals surface area contributed by atoms with Gasteiger partial charge < -0.3 is 29.5 Å². The average molecular weight is 385 g/mol. The largest absolute Gasteiger partial charge is 0.493 e. The fourth-order valence-corrected chi connectivity index (χ4v) is 2.59. The van der Waals surface area contributed by atoms with Crippen LogP contribution in [-0.2, 0) is 9.53 Å². The third-order valence-corrected chi connectivity index (χ3v) is 3.83. The minimum atomic E-state index is -0.663. The van der Waals surface area contributed by atoms with E-state index in [9.17, 15) is 14.4 Å². The van der Waals surface area contributed by atoms with E-state index in [1.54, 1.807) is 24.3 Å². The molecule has 146 valence electrons. The molecule has 2 aromatic carbocycles. The van der Waals surface area contributed by atoms with E-state index in [0.717, 1.165) is 0 Å². The SMILES string of the molecule is CCOc1cc(C(=O)OCC(=O)Nc2ccc3[nH]c(=O)[nH]c3c2)ccc1OC. The van der Waals surface area contributed by atoms with Crippen LogP contribution in [0.15, 0.2) is 41.2 Å². The number of nitrogens with one attached hydrogen (secondary N) is 3. The predicted molar refractivity (Wildman–Crippen MR) is 102 cm³/mol. The van der Waals surface area contributed by atoms with Crippen LogP contribution in [0.1, 0.15) is 17.3 Å². The first-order chi connectivity index (χ1) is 13.5. The number of imidazole rings is 1. The Bertz CT molecular complexity index is 1070. The number of H-pyrrole nitrogens is 2. The van der Waals surface area contributed by atoms with Crippen LogP contribution in [0.5, 0.6) is 11.5 Å². The topological polar surface area (TPSA) is 123 Å². The van der Waals surface area contributed by atoms with Gasteiger partial charge in [-0.1, -0.05) is 0 Å². The van der Waals surface area contributed by atoms with Crippen LogP contribution in [0.2, 0.25) is 0 Å². The molecule has 0 bridgehead atoms. The van der Waals surface area contributed by atoms with Crippen molar-refractivity contribution < 1.29 is 23.8 Å². The van der Waals surface area contributed by atoms with Crippen molar-refractivity contribution in [3.05, 3.63) is 52.4 Å². The highest BCUT2D eigenvalue weighted by molar-refractivity contribution is 5.96. The van der Waals surface area contributed by atoms with Crippen LogP contribution >= 0.6 is 0 Å². The molecule has 0 saturated carbocycles. The number of carbonyl (C=O) groups excluding carboxylic acids is 2. The van der Waals surface area contributed by atoms with E-state index in [1.807, 2.05) is 6.92 Å². The van der Waals surface area contributed by atoms with Gasteiger partial charge in [0, 0.05) is 5.69 Å². The summed E-state index contributed by atoms with van der Waals surface area (Å²) in [4.78, 5) is 40.7. The number of amides is 1. The van der Waals surface area contributed by atoms with Gasteiger partial charge in [-0.2, -0.15) is 0 Å². The van der Waals surface area contributed by atoms with Crippen molar-refractivity contribution in [2.24, 2.45) is 0 Å². The molecule has 28 heavy (non-hydrogen) atoms. The summed E-state index contributed by atoms with van der Waals surface area (Å²) in [7, 11) is 1.50. The van der Waals surface area contributed by atoms with Crippen molar-refractivity contribution in [2.75, 3.05) is 25.6 Å². The lowest BCUT2D eigenvalue weighted by Crippen LogP contribution is -2.21. The zero-order valence-corrected chi connectivity index (χ0v) is 15.3. The standard InChI is InChI=1S/C19H19N3O6/c1-3-27-16-8-11(4-7-15(16)26-2)18(24)28-10-17(23)20-12-5-6-13-14(9-12)22-19(25)21-13/h4-9H,3,10H2,1-2H3,(H,20,23)(H2,21,22,25). The summed E-state index contributed by atoms with van der Waals surface area (Å²) in [6.45, 7) is 1.76. The van der Waals surface area contributed by atoms with E-state index in [2.05, 4.69) is 15.3 Å². The van der Waals surface area contributed by atoms with Crippen molar-refractivity contribution in [1.82, 2.24) is 9.97 Å². The molecule has 0 unspecified atom stereocenters. The second-order valence-electron chi connectivity index (χ2n) is 5.76. The molecule has 9 heteroatoms. The number of hydrogen-bond acceptors (Lipinski definition) is 6. The molecule has 0 atom stereocenters. The van der Waals surface area contributed by atoms with Crippen LogP contribution in [0.25, 0.3) is 11.0 Å². The second kappa shape index (κ2) is 8.30. The fraction of sp³-hybridized carbons (Fsp3) is 0.211. The number of methoxy groups -OCH3 is 1. The van der Waals surface area contributed by atoms with Gasteiger partial charge in [0.1, 0.15) is 0 Å². The molecule has 0 spiro atoms. The molecule has 9 nitrogen and oxygen atoms in total. The first-order valence-corrected chi connectivity index (χ1v) is 8.50. The molecule has 0 fully saturated rings. The van der Waals surface area contributed by atoms with Crippen molar-refractivity contribution in [2.45, 2.75) is 6.92 Å². The number of esters is 1. The Morgan fingerprint density at radius 1 is 1.04 bits per heavy atom. The lowest BCUT2D eigenvalue weighted by Gasteiger charge is -2.11. The molecule has 0 saturated heterocycles. The monoisotopic (exact) mass is 385 g/mol. The maximum Gasteiger partial charge on any atom is 0.338 e. The molecular formula is C19H19N3O6. The first-order valence-electron chi connectivity index (χ1n) is 8.50. The molecule has 3 N–H and O–H groups in total. The summed E-state index contributed by atoms with van der Waals surface area (Å²) in [5.41, 5.74) is 1.55. The molecule has 1 amide bonds. The lowest BCUT2D eigenvalue weighted by molar-refractivity contribution is -0.119. The maximum absolute atomic E-state index is 12.2. The fourth-order valence-electron chi connectivity index (χ4n) is 2.59. The van der Waals surface area contributed by atoms with Crippen molar-refractivity contribution in [3.63, 3.8) is 0 Å². The first kappa shape index (κ1) is 19.0. The second-order valence-corrected chi connectivity index (χ2v) is 5.76. The van der Waals surface area contributed by atoms with E-state index in [0.29, 0.717) is 34.8 Å². The van der Waals surface area contributed by atoms with Gasteiger partial charge in [-0.05, 0) is 43.3 Å². The van der Waals surface area contributed by atoms with E-state index in [-0.39, 0.29) is 11.3 Å². The van der Waals surface area contributed by atoms with E-state index in [4.69, 9.17) is 14.2 Å². The Kier molecular flexibility index (Phi) is 5.64. The van der Waals surface area contributed by atoms with Gasteiger partial charge >= 0.3 is 11.7 Å². The predicted octanol–water partition coefficient (Wildman–Crippen LogP) is 2.06. The Labute approximate surface area is 159 Å². The van der Waals surface area contributed by atoms with Crippen LogP contribution in [0.4, 0.5) is 5.69 Å². The van der Waals surface area contributed by atoms with E-state index >= 15 is 0 Å². The summed E-state index contributed by atoms with van der Waals surface area (Å²) < 4.78 is 15.6. The van der Waals surface area contributed by atoms with Gasteiger partial charge in [-0.3, -0.25) is 4.79 Å². The third-order valence-electron chi connectivity index (χ3n) is 3.83. The highest BCUT2D eigenvalue weighted by Crippen LogP contribution is 2.28. The number of benzene rings is 2. The summed E-state index contributed by atoms with van der Waals surface area (Å²) >= 11 is 0. The Morgan fingerprint density at radius 2 is 1.82 bits per heavy atom. The van der Waals surface area contributed by atoms with Gasteiger partial charge in [0.25, 0.3) is 5.91 Å². The van der Waals surface area contributed by atoms with Crippen LogP contribution in [0, 0.1) is 0 Å². The summed E-state index contributed by atoms with van der Waals surface area (Å²) in [6, 6.07) is 9.50. The minimum Gasteiger partial charge on any atom is -0.493 e. The molecule has 3 rings (SSSR count). The number of hydrogen-bond donors (Lipinski definition) is 3. The van der Waals surface area contributed by atoms with Crippen LogP contribution in [-0.4, -0.2) is 42.2 Å². The smallest absolute Gasteiger partial charge is 0.338 e. The molecule has 0 aliphatic carbocycles. The number of aromatic nitrogens is 2. The van der Waals surface area contributed by atoms with Crippen molar-refractivity contribution >= 4 is 28.6 Å². The number of rotatable bonds is 7. The average Bonchev–Trinajstić information content (AvgIpc) is 3.05. The lowest BCUT2D eigenvalue weighted by atomic mass is 10.2. The third kappa shape index (κ3) is 4.32. The highest BCUT2D eigenvalue weighted by Gasteiger charge is 2.14. The van der Waals surface area contributed by atoms with Gasteiger partial charge in [0.05, 0.1) is 30.3 Å². The Balaban J connectivity index is 1.61. The van der Waals surface area contributed by atoms with Gasteiger partial charge in [0.2, 0.25) is 0 Å². The summed E-state index contributed by atoms with van der Waals surface area (Å²) in [5, 5.41) is 2.60. The molecule has 0 aliphatic heterocycles. The van der Waals surface area contributed by atoms with Crippen molar-refractivity contribution in [1.29, 1.82) is 0 Å². The maximum atomic E-state index is 12.2. The Morgan fingerprint density at radius 3 is 2.57 bits per heavy atom.